The second-order valence-electron chi connectivity index (χ2n) is 4.49. The number of anilines is 1. The number of hydrogen-bond acceptors (Lipinski definition) is 7. The molecule has 0 radical (unpaired) electrons. The molecule has 0 fully saturated rings. The predicted molar refractivity (Wildman–Crippen MR) is 78.7 cm³/mol. The number of aromatic nitrogens is 1. The highest BCUT2D eigenvalue weighted by Crippen LogP contribution is 2.31. The Hall–Kier alpha value is -3.18. The summed E-state index contributed by atoms with van der Waals surface area (Å²) < 4.78 is 30.9. The number of carbonyl (C=O) groups excluding carboxylic acids is 1. The summed E-state index contributed by atoms with van der Waals surface area (Å²) in [5.74, 6) is -4.18. The normalized spacial score (nSPS) is 11.0. The maximum Gasteiger partial charge on any atom is 0.337 e. The molecular formula is C13H10N2O8S. The van der Waals surface area contributed by atoms with Gasteiger partial charge in [0.1, 0.15) is 16.4 Å². The molecule has 10 nitrogen and oxygen atoms in total. The van der Waals surface area contributed by atoms with E-state index in [1.54, 1.807) is 0 Å². The predicted octanol–water partition coefficient (Wildman–Crippen LogP) is 0.690. The molecule has 24 heavy (non-hydrogen) atoms. The number of carbonyl (C=O) groups is 2. The molecular weight excluding hydrogens is 344 g/mol. The van der Waals surface area contributed by atoms with Gasteiger partial charge in [-0.05, 0) is 12.1 Å². The number of phenolic OH excluding ortho intramolecular Hbond substituents is 2. The number of benzene rings is 1. The zero-order valence-electron chi connectivity index (χ0n) is 11.7. The van der Waals surface area contributed by atoms with Gasteiger partial charge in [0.05, 0.1) is 23.0 Å². The minimum Gasteiger partial charge on any atom is -0.507 e. The van der Waals surface area contributed by atoms with Gasteiger partial charge in [0.2, 0.25) is 0 Å². The van der Waals surface area contributed by atoms with Crippen molar-refractivity contribution in [2.45, 2.75) is 4.90 Å². The molecule has 5 N–H and O–H groups in total. The van der Waals surface area contributed by atoms with Crippen LogP contribution in [-0.2, 0) is 10.1 Å². The summed E-state index contributed by atoms with van der Waals surface area (Å²) in [6.07, 6.45) is 2.26. The Labute approximate surface area is 134 Å². The quantitative estimate of drug-likeness (QED) is 0.391. The van der Waals surface area contributed by atoms with Crippen LogP contribution in [0.15, 0.2) is 35.5 Å². The minimum atomic E-state index is -4.80. The molecule has 0 saturated heterocycles. The summed E-state index contributed by atoms with van der Waals surface area (Å²) in [4.78, 5) is 25.8. The molecule has 0 aliphatic heterocycles. The van der Waals surface area contributed by atoms with Crippen LogP contribution in [0.5, 0.6) is 11.5 Å². The molecule has 1 heterocycles. The standard InChI is InChI=1S/C13H10N2O8S/c16-9-4-11(24(21,22)23)10(17)3-7(9)12(18)15-8-5-14-2-1-6(8)13(19)20/h1-5,16-17H,(H,15,18)(H,19,20)(H,21,22,23). The van der Waals surface area contributed by atoms with Crippen LogP contribution in [0.2, 0.25) is 0 Å². The van der Waals surface area contributed by atoms with E-state index in [1.165, 1.54) is 6.20 Å². The number of aromatic hydroxyl groups is 2. The van der Waals surface area contributed by atoms with Crippen LogP contribution in [0.1, 0.15) is 20.7 Å². The summed E-state index contributed by atoms with van der Waals surface area (Å²) in [6.45, 7) is 0. The molecule has 2 rings (SSSR count). The van der Waals surface area contributed by atoms with Gasteiger partial charge in [0.25, 0.3) is 16.0 Å². The maximum absolute atomic E-state index is 12.1. The molecule has 0 bridgehead atoms. The van der Waals surface area contributed by atoms with Crippen LogP contribution in [0.3, 0.4) is 0 Å². The molecule has 0 spiro atoms. The van der Waals surface area contributed by atoms with Crippen LogP contribution >= 0.6 is 0 Å². The van der Waals surface area contributed by atoms with E-state index in [1.807, 2.05) is 0 Å². The van der Waals surface area contributed by atoms with Gasteiger partial charge in [-0.1, -0.05) is 0 Å². The molecule has 1 aromatic heterocycles. The first kappa shape index (κ1) is 17.2. The average Bonchev–Trinajstić information content (AvgIpc) is 2.48. The first-order valence-electron chi connectivity index (χ1n) is 6.13. The number of aromatic carboxylic acids is 1. The summed E-state index contributed by atoms with van der Waals surface area (Å²) in [6, 6.07) is 2.24. The van der Waals surface area contributed by atoms with Gasteiger partial charge in [-0.25, -0.2) is 4.79 Å². The molecule has 2 aromatic rings. The van der Waals surface area contributed by atoms with Crippen LogP contribution in [0, 0.1) is 0 Å². The average molecular weight is 354 g/mol. The van der Waals surface area contributed by atoms with Crippen molar-refractivity contribution in [3.05, 3.63) is 41.7 Å². The fourth-order valence-electron chi connectivity index (χ4n) is 1.82. The van der Waals surface area contributed by atoms with E-state index in [-0.39, 0.29) is 11.3 Å². The van der Waals surface area contributed by atoms with Gasteiger partial charge in [0, 0.05) is 12.3 Å². The number of carboxylic acids is 1. The van der Waals surface area contributed by atoms with E-state index in [4.69, 9.17) is 9.66 Å². The van der Waals surface area contributed by atoms with Crippen LogP contribution in [0.25, 0.3) is 0 Å². The Balaban J connectivity index is 2.42. The lowest BCUT2D eigenvalue weighted by Gasteiger charge is -2.10. The van der Waals surface area contributed by atoms with E-state index in [0.29, 0.717) is 12.1 Å². The van der Waals surface area contributed by atoms with Crippen molar-refractivity contribution in [3.8, 4) is 11.5 Å². The molecule has 1 aromatic carbocycles. The van der Waals surface area contributed by atoms with Crippen molar-refractivity contribution in [1.82, 2.24) is 4.98 Å². The Morgan fingerprint density at radius 2 is 1.75 bits per heavy atom. The summed E-state index contributed by atoms with van der Waals surface area (Å²) in [5.41, 5.74) is -0.982. The van der Waals surface area contributed by atoms with Crippen LogP contribution in [-0.4, -0.2) is 45.2 Å². The SMILES string of the molecule is O=C(Nc1cnccc1C(=O)O)c1cc(O)c(S(=O)(=O)O)cc1O. The number of carboxylic acid groups (broad SMARTS) is 1. The molecule has 126 valence electrons. The lowest BCUT2D eigenvalue weighted by atomic mass is 10.1. The Morgan fingerprint density at radius 1 is 1.08 bits per heavy atom. The van der Waals surface area contributed by atoms with E-state index in [0.717, 1.165) is 12.3 Å². The maximum atomic E-state index is 12.1. The number of hydrogen-bond donors (Lipinski definition) is 5. The second kappa shape index (κ2) is 6.14. The van der Waals surface area contributed by atoms with Gasteiger partial charge in [-0.3, -0.25) is 14.3 Å². The zero-order valence-corrected chi connectivity index (χ0v) is 12.5. The number of nitrogens with one attached hydrogen (secondary N) is 1. The number of nitrogens with zero attached hydrogens (tertiary/aromatic N) is 1. The van der Waals surface area contributed by atoms with Gasteiger partial charge in [-0.2, -0.15) is 8.42 Å². The highest BCUT2D eigenvalue weighted by Gasteiger charge is 2.22. The number of pyridine rings is 1. The largest absolute Gasteiger partial charge is 0.507 e. The van der Waals surface area contributed by atoms with Gasteiger partial charge >= 0.3 is 5.97 Å². The third-order valence-corrected chi connectivity index (χ3v) is 3.78. The Bertz CT molecular complexity index is 939. The lowest BCUT2D eigenvalue weighted by Crippen LogP contribution is -2.15. The summed E-state index contributed by atoms with van der Waals surface area (Å²) in [7, 11) is -4.80. The number of phenols is 2. The van der Waals surface area contributed by atoms with Crippen molar-refractivity contribution in [3.63, 3.8) is 0 Å². The molecule has 0 unspecified atom stereocenters. The fourth-order valence-corrected chi connectivity index (χ4v) is 2.40. The molecule has 0 saturated carbocycles. The van der Waals surface area contributed by atoms with Crippen molar-refractivity contribution < 1.29 is 37.9 Å². The zero-order chi connectivity index (χ0) is 18.1. The van der Waals surface area contributed by atoms with Gasteiger partial charge < -0.3 is 20.6 Å². The first-order chi connectivity index (χ1) is 11.1. The highest BCUT2D eigenvalue weighted by molar-refractivity contribution is 7.86. The van der Waals surface area contributed by atoms with Crippen molar-refractivity contribution in [1.29, 1.82) is 0 Å². The molecule has 0 atom stereocenters. The second-order valence-corrected chi connectivity index (χ2v) is 5.88. The topological polar surface area (TPSA) is 174 Å². The molecule has 0 aliphatic carbocycles. The third-order valence-electron chi connectivity index (χ3n) is 2.90. The van der Waals surface area contributed by atoms with Crippen molar-refractivity contribution in [2.75, 3.05) is 5.32 Å². The van der Waals surface area contributed by atoms with Gasteiger partial charge in [-0.15, -0.1) is 0 Å². The molecule has 0 aliphatic rings. The monoisotopic (exact) mass is 354 g/mol. The van der Waals surface area contributed by atoms with E-state index >= 15 is 0 Å². The number of amides is 1. The smallest absolute Gasteiger partial charge is 0.337 e. The van der Waals surface area contributed by atoms with Gasteiger partial charge in [0.15, 0.2) is 0 Å². The first-order valence-corrected chi connectivity index (χ1v) is 7.57. The highest BCUT2D eigenvalue weighted by atomic mass is 32.2. The van der Waals surface area contributed by atoms with Crippen LogP contribution in [0.4, 0.5) is 5.69 Å². The summed E-state index contributed by atoms with van der Waals surface area (Å²) >= 11 is 0. The third kappa shape index (κ3) is 3.42. The lowest BCUT2D eigenvalue weighted by molar-refractivity contribution is 0.0698. The van der Waals surface area contributed by atoms with Crippen molar-refractivity contribution in [2.24, 2.45) is 0 Å². The molecule has 1 amide bonds. The number of rotatable bonds is 4. The van der Waals surface area contributed by atoms with E-state index in [9.17, 15) is 28.2 Å². The van der Waals surface area contributed by atoms with Crippen molar-refractivity contribution >= 4 is 27.7 Å². The Morgan fingerprint density at radius 3 is 2.33 bits per heavy atom. The fraction of sp³-hybridized carbons (Fsp3) is 0. The minimum absolute atomic E-state index is 0.173. The summed E-state index contributed by atoms with van der Waals surface area (Å²) in [5, 5.41) is 30.5. The van der Waals surface area contributed by atoms with E-state index < -0.39 is 44.0 Å². The Kier molecular flexibility index (Phi) is 4.39. The molecule has 11 heteroatoms. The van der Waals surface area contributed by atoms with Crippen LogP contribution < -0.4 is 5.32 Å². The van der Waals surface area contributed by atoms with E-state index in [2.05, 4.69) is 10.3 Å².